The maximum Gasteiger partial charge on any atom is 0.243 e. The van der Waals surface area contributed by atoms with Gasteiger partial charge in [-0.15, -0.1) is 11.3 Å². The monoisotopic (exact) mass is 335 g/mol. The van der Waals surface area contributed by atoms with E-state index in [0.717, 1.165) is 38.6 Å². The molecule has 0 aliphatic carbocycles. The van der Waals surface area contributed by atoms with E-state index in [1.807, 2.05) is 6.92 Å². The fourth-order valence-corrected chi connectivity index (χ4v) is 3.66. The van der Waals surface area contributed by atoms with Crippen molar-refractivity contribution in [3.05, 3.63) is 27.8 Å². The summed E-state index contributed by atoms with van der Waals surface area (Å²) >= 11 is 1.78. The molecule has 0 aromatic carbocycles. The highest BCUT2D eigenvalue weighted by Gasteiger charge is 2.25. The zero-order chi connectivity index (χ0) is 16.4. The van der Waals surface area contributed by atoms with Gasteiger partial charge in [-0.05, 0) is 13.8 Å². The van der Waals surface area contributed by atoms with Gasteiger partial charge in [-0.1, -0.05) is 19.0 Å². The minimum atomic E-state index is 0.185. The molecule has 23 heavy (non-hydrogen) atoms. The normalized spacial score (nSPS) is 18.7. The topological polar surface area (TPSA) is 58.3 Å². The maximum atomic E-state index is 5.30. The molecule has 0 unspecified atom stereocenters. The molecule has 1 saturated heterocycles. The van der Waals surface area contributed by atoms with E-state index >= 15 is 0 Å². The summed E-state index contributed by atoms with van der Waals surface area (Å²) in [6, 6.07) is 0.185. The number of aryl methyl sites for hydroxylation is 1. The lowest BCUT2D eigenvalue weighted by atomic mass is 10.2. The van der Waals surface area contributed by atoms with E-state index in [9.17, 15) is 0 Å². The minimum Gasteiger partial charge on any atom is -0.338 e. The molecular formula is C16H25N5OS. The first kappa shape index (κ1) is 16.5. The van der Waals surface area contributed by atoms with E-state index in [0.29, 0.717) is 11.7 Å². The Kier molecular flexibility index (Phi) is 5.08. The summed E-state index contributed by atoms with van der Waals surface area (Å²) < 4.78 is 5.30. The average Bonchev–Trinajstić information content (AvgIpc) is 3.16. The average molecular weight is 335 g/mol. The molecular weight excluding hydrogens is 310 g/mol. The van der Waals surface area contributed by atoms with Crippen molar-refractivity contribution in [1.82, 2.24) is 24.9 Å². The Morgan fingerprint density at radius 2 is 1.91 bits per heavy atom. The quantitative estimate of drug-likeness (QED) is 0.837. The molecule has 1 aliphatic rings. The van der Waals surface area contributed by atoms with Gasteiger partial charge in [0.05, 0.1) is 16.7 Å². The molecule has 0 saturated carbocycles. The molecule has 1 fully saturated rings. The molecule has 126 valence electrons. The second-order valence-corrected chi connectivity index (χ2v) is 7.39. The summed E-state index contributed by atoms with van der Waals surface area (Å²) in [6.07, 6.45) is 0. The Bertz CT molecular complexity index is 630. The molecule has 7 heteroatoms. The Labute approximate surface area is 141 Å². The van der Waals surface area contributed by atoms with E-state index in [1.165, 1.54) is 10.7 Å². The van der Waals surface area contributed by atoms with Gasteiger partial charge in [0, 0.05) is 44.0 Å². The van der Waals surface area contributed by atoms with Crippen LogP contribution >= 0.6 is 11.3 Å². The Balaban J connectivity index is 1.51. The molecule has 2 aromatic heterocycles. The van der Waals surface area contributed by atoms with Crippen LogP contribution in [0.2, 0.25) is 0 Å². The second-order valence-electron chi connectivity index (χ2n) is 6.50. The summed E-state index contributed by atoms with van der Waals surface area (Å²) in [5.74, 6) is 1.94. The molecule has 0 radical (unpaired) electrons. The first-order valence-corrected chi connectivity index (χ1v) is 9.12. The molecule has 0 amide bonds. The number of hydrogen-bond donors (Lipinski definition) is 0. The van der Waals surface area contributed by atoms with Crippen LogP contribution in [0.25, 0.3) is 0 Å². The smallest absolute Gasteiger partial charge is 0.243 e. The van der Waals surface area contributed by atoms with E-state index in [4.69, 9.17) is 9.51 Å². The van der Waals surface area contributed by atoms with Crippen molar-refractivity contribution in [1.29, 1.82) is 0 Å². The Morgan fingerprint density at radius 3 is 2.48 bits per heavy atom. The highest BCUT2D eigenvalue weighted by atomic mass is 32.1. The van der Waals surface area contributed by atoms with Crippen LogP contribution in [0, 0.1) is 6.92 Å². The van der Waals surface area contributed by atoms with Crippen LogP contribution in [0.5, 0.6) is 0 Å². The Hall–Kier alpha value is -1.31. The molecule has 1 atom stereocenters. The zero-order valence-electron chi connectivity index (χ0n) is 14.3. The van der Waals surface area contributed by atoms with E-state index in [-0.39, 0.29) is 6.04 Å². The number of hydrogen-bond acceptors (Lipinski definition) is 7. The van der Waals surface area contributed by atoms with Crippen molar-refractivity contribution in [3.8, 4) is 0 Å². The third kappa shape index (κ3) is 3.97. The third-order valence-electron chi connectivity index (χ3n) is 4.30. The summed E-state index contributed by atoms with van der Waals surface area (Å²) in [6.45, 7) is 13.5. The SMILES string of the molecule is Cc1noc([C@@H](C)N2CCN(Cc3csc(C(C)C)n3)CC2)n1. The predicted molar refractivity (Wildman–Crippen MR) is 90.5 cm³/mol. The van der Waals surface area contributed by atoms with Crippen LogP contribution in [0.15, 0.2) is 9.90 Å². The highest BCUT2D eigenvalue weighted by molar-refractivity contribution is 7.09. The zero-order valence-corrected chi connectivity index (χ0v) is 15.1. The van der Waals surface area contributed by atoms with Gasteiger partial charge in [-0.3, -0.25) is 9.80 Å². The van der Waals surface area contributed by atoms with Gasteiger partial charge in [0.2, 0.25) is 5.89 Å². The lowest BCUT2D eigenvalue weighted by Crippen LogP contribution is -2.46. The summed E-state index contributed by atoms with van der Waals surface area (Å²) in [4.78, 5) is 14.0. The van der Waals surface area contributed by atoms with Gasteiger partial charge in [0.25, 0.3) is 0 Å². The highest BCUT2D eigenvalue weighted by Crippen LogP contribution is 2.22. The molecule has 1 aliphatic heterocycles. The van der Waals surface area contributed by atoms with Crippen molar-refractivity contribution >= 4 is 11.3 Å². The minimum absolute atomic E-state index is 0.185. The van der Waals surface area contributed by atoms with Gasteiger partial charge in [-0.2, -0.15) is 4.98 Å². The summed E-state index contributed by atoms with van der Waals surface area (Å²) in [5, 5.41) is 7.32. The van der Waals surface area contributed by atoms with Crippen LogP contribution < -0.4 is 0 Å². The number of rotatable bonds is 5. The fraction of sp³-hybridized carbons (Fsp3) is 0.688. The van der Waals surface area contributed by atoms with E-state index in [2.05, 4.69) is 46.1 Å². The van der Waals surface area contributed by atoms with Gasteiger partial charge in [0.15, 0.2) is 5.82 Å². The van der Waals surface area contributed by atoms with Crippen LogP contribution in [-0.4, -0.2) is 51.1 Å². The molecule has 0 spiro atoms. The van der Waals surface area contributed by atoms with Gasteiger partial charge < -0.3 is 4.52 Å². The van der Waals surface area contributed by atoms with Crippen molar-refractivity contribution < 1.29 is 4.52 Å². The molecule has 3 rings (SSSR count). The maximum absolute atomic E-state index is 5.30. The molecule has 0 bridgehead atoms. The summed E-state index contributed by atoms with van der Waals surface area (Å²) in [7, 11) is 0. The van der Waals surface area contributed by atoms with Crippen LogP contribution in [0.4, 0.5) is 0 Å². The molecule has 3 heterocycles. The summed E-state index contributed by atoms with van der Waals surface area (Å²) in [5.41, 5.74) is 1.20. The molecule has 6 nitrogen and oxygen atoms in total. The number of aromatic nitrogens is 3. The predicted octanol–water partition coefficient (Wildman–Crippen LogP) is 2.84. The third-order valence-corrected chi connectivity index (χ3v) is 5.50. The number of nitrogens with zero attached hydrogens (tertiary/aromatic N) is 5. The van der Waals surface area contributed by atoms with Crippen molar-refractivity contribution in [2.45, 2.75) is 46.2 Å². The second kappa shape index (κ2) is 7.07. The first-order chi connectivity index (χ1) is 11.0. The molecule has 0 N–H and O–H groups in total. The van der Waals surface area contributed by atoms with Gasteiger partial charge in [0.1, 0.15) is 0 Å². The van der Waals surface area contributed by atoms with Crippen molar-refractivity contribution in [2.24, 2.45) is 0 Å². The van der Waals surface area contributed by atoms with Crippen LogP contribution in [-0.2, 0) is 6.54 Å². The van der Waals surface area contributed by atoms with Crippen LogP contribution in [0.1, 0.15) is 55.1 Å². The van der Waals surface area contributed by atoms with Gasteiger partial charge >= 0.3 is 0 Å². The lowest BCUT2D eigenvalue weighted by Gasteiger charge is -2.36. The number of piperazine rings is 1. The largest absolute Gasteiger partial charge is 0.338 e. The van der Waals surface area contributed by atoms with Crippen molar-refractivity contribution in [3.63, 3.8) is 0 Å². The van der Waals surface area contributed by atoms with Crippen molar-refractivity contribution in [2.75, 3.05) is 26.2 Å². The van der Waals surface area contributed by atoms with Gasteiger partial charge in [-0.25, -0.2) is 4.98 Å². The number of thiazole rings is 1. The fourth-order valence-electron chi connectivity index (χ4n) is 2.84. The van der Waals surface area contributed by atoms with Crippen LogP contribution in [0.3, 0.4) is 0 Å². The first-order valence-electron chi connectivity index (χ1n) is 8.24. The van der Waals surface area contributed by atoms with E-state index < -0.39 is 0 Å². The standard InChI is InChI=1S/C16H25N5OS/c1-11(2)16-18-14(10-23-16)9-20-5-7-21(8-6-20)12(3)15-17-13(4)19-22-15/h10-12H,5-9H2,1-4H3/t12-/m1/s1. The Morgan fingerprint density at radius 1 is 1.17 bits per heavy atom. The lowest BCUT2D eigenvalue weighted by molar-refractivity contribution is 0.0839. The van der Waals surface area contributed by atoms with E-state index in [1.54, 1.807) is 11.3 Å². The molecule has 2 aromatic rings.